The minimum Gasteiger partial charge on any atom is -0.264 e. The molecule has 0 aliphatic heterocycles. The Morgan fingerprint density at radius 3 is 2.90 bits per heavy atom. The predicted octanol–water partition coefficient (Wildman–Crippen LogP) is 2.92. The van der Waals surface area contributed by atoms with Crippen molar-refractivity contribution >= 4 is 32.4 Å². The summed E-state index contributed by atoms with van der Waals surface area (Å²) >= 11 is 5.63. The summed E-state index contributed by atoms with van der Waals surface area (Å²) in [6.07, 6.45) is 4.75. The van der Waals surface area contributed by atoms with Gasteiger partial charge in [0.05, 0.1) is 4.90 Å². The fourth-order valence-corrected chi connectivity index (χ4v) is 3.76. The summed E-state index contributed by atoms with van der Waals surface area (Å²) in [7, 11) is -3.54. The number of sulfonamides is 1. The average Bonchev–Trinajstić information content (AvgIpc) is 2.44. The fourth-order valence-electron chi connectivity index (χ4n) is 2.10. The maximum Gasteiger partial charge on any atom is 0.241 e. The van der Waals surface area contributed by atoms with E-state index in [1.807, 2.05) is 13.0 Å². The second-order valence-electron chi connectivity index (χ2n) is 4.71. The lowest BCUT2D eigenvalue weighted by molar-refractivity contribution is 0.545. The number of pyridine rings is 1. The first-order valence-corrected chi connectivity index (χ1v) is 8.47. The van der Waals surface area contributed by atoms with Crippen molar-refractivity contribution in [3.8, 4) is 0 Å². The number of rotatable bonds is 6. The molecule has 0 aliphatic carbocycles. The summed E-state index contributed by atoms with van der Waals surface area (Å²) < 4.78 is 27.6. The summed E-state index contributed by atoms with van der Waals surface area (Å²) in [5.41, 5.74) is 0. The minimum absolute atomic E-state index is 0.143. The van der Waals surface area contributed by atoms with Gasteiger partial charge < -0.3 is 0 Å². The van der Waals surface area contributed by atoms with Crippen molar-refractivity contribution in [2.45, 2.75) is 30.7 Å². The van der Waals surface area contributed by atoms with Crippen molar-refractivity contribution in [3.05, 3.63) is 36.7 Å². The minimum atomic E-state index is -3.54. The van der Waals surface area contributed by atoms with Crippen molar-refractivity contribution < 1.29 is 8.42 Å². The lowest BCUT2D eigenvalue weighted by Gasteiger charge is -2.14. The molecular weight excluding hydrogens is 296 g/mol. The Morgan fingerprint density at radius 2 is 2.15 bits per heavy atom. The third kappa shape index (κ3) is 3.48. The van der Waals surface area contributed by atoms with E-state index in [4.69, 9.17) is 11.6 Å². The van der Waals surface area contributed by atoms with Crippen LogP contribution in [0.15, 0.2) is 41.6 Å². The molecule has 0 aliphatic rings. The highest BCUT2D eigenvalue weighted by Gasteiger charge is 2.19. The Balaban J connectivity index is 2.32. The molecule has 0 saturated heterocycles. The van der Waals surface area contributed by atoms with Crippen molar-refractivity contribution in [2.75, 3.05) is 5.88 Å². The van der Waals surface area contributed by atoms with E-state index in [1.165, 1.54) is 0 Å². The van der Waals surface area contributed by atoms with Crippen LogP contribution in [0.3, 0.4) is 0 Å². The van der Waals surface area contributed by atoms with Crippen molar-refractivity contribution in [1.29, 1.82) is 0 Å². The largest absolute Gasteiger partial charge is 0.264 e. The van der Waals surface area contributed by atoms with Gasteiger partial charge in [-0.25, -0.2) is 13.1 Å². The van der Waals surface area contributed by atoms with Gasteiger partial charge in [0, 0.05) is 35.1 Å². The number of nitrogens with zero attached hydrogens (tertiary/aromatic N) is 1. The molecule has 1 aromatic carbocycles. The number of aromatic nitrogens is 1. The summed E-state index contributed by atoms with van der Waals surface area (Å²) in [5.74, 6) is 0.534. The molecule has 4 nitrogen and oxygen atoms in total. The molecule has 6 heteroatoms. The van der Waals surface area contributed by atoms with E-state index >= 15 is 0 Å². The van der Waals surface area contributed by atoms with E-state index in [2.05, 4.69) is 9.71 Å². The van der Waals surface area contributed by atoms with Crippen LogP contribution < -0.4 is 4.72 Å². The molecule has 108 valence electrons. The third-order valence-electron chi connectivity index (χ3n) is 3.06. The molecule has 0 fully saturated rings. The molecule has 2 aromatic rings. The summed E-state index contributed by atoms with van der Waals surface area (Å²) in [4.78, 5) is 4.29. The number of benzene rings is 1. The SMILES string of the molecule is CC(CCCCl)NS(=O)(=O)c1cccc2cnccc12. The molecule has 1 aromatic heterocycles. The van der Waals surface area contributed by atoms with Crippen LogP contribution in [0.25, 0.3) is 10.8 Å². The molecule has 0 bridgehead atoms. The quantitative estimate of drug-likeness (QED) is 0.834. The molecule has 0 amide bonds. The normalized spacial score (nSPS) is 13.5. The Morgan fingerprint density at radius 1 is 1.35 bits per heavy atom. The van der Waals surface area contributed by atoms with Crippen LogP contribution in [-0.2, 0) is 10.0 Å². The van der Waals surface area contributed by atoms with Crippen LogP contribution in [0.5, 0.6) is 0 Å². The van der Waals surface area contributed by atoms with Gasteiger partial charge in [0.2, 0.25) is 10.0 Å². The molecule has 0 radical (unpaired) electrons. The Labute approximate surface area is 124 Å². The van der Waals surface area contributed by atoms with Crippen LogP contribution in [0, 0.1) is 0 Å². The first kappa shape index (κ1) is 15.2. The van der Waals surface area contributed by atoms with Crippen molar-refractivity contribution in [3.63, 3.8) is 0 Å². The van der Waals surface area contributed by atoms with E-state index in [0.717, 1.165) is 18.2 Å². The van der Waals surface area contributed by atoms with E-state index in [0.29, 0.717) is 11.3 Å². The first-order chi connectivity index (χ1) is 9.54. The standard InChI is InChI=1S/C14H17ClN2O2S/c1-11(4-3-8-15)17-20(18,19)14-6-2-5-12-10-16-9-7-13(12)14/h2,5-7,9-11,17H,3-4,8H2,1H3. The molecule has 1 N–H and O–H groups in total. The topological polar surface area (TPSA) is 59.1 Å². The Hall–Kier alpha value is -1.17. The van der Waals surface area contributed by atoms with Crippen LogP contribution in [0.2, 0.25) is 0 Å². The maximum absolute atomic E-state index is 12.5. The van der Waals surface area contributed by atoms with Gasteiger partial charge in [-0.15, -0.1) is 11.6 Å². The zero-order chi connectivity index (χ0) is 14.6. The van der Waals surface area contributed by atoms with Gasteiger partial charge in [-0.3, -0.25) is 4.98 Å². The summed E-state index contributed by atoms with van der Waals surface area (Å²) in [6, 6.07) is 6.75. The zero-order valence-electron chi connectivity index (χ0n) is 11.2. The molecule has 2 rings (SSSR count). The van der Waals surface area contributed by atoms with Crippen molar-refractivity contribution in [1.82, 2.24) is 9.71 Å². The molecule has 1 atom stereocenters. The highest BCUT2D eigenvalue weighted by molar-refractivity contribution is 7.89. The van der Waals surface area contributed by atoms with Gasteiger partial charge in [0.1, 0.15) is 0 Å². The summed E-state index contributed by atoms with van der Waals surface area (Å²) in [6.45, 7) is 1.84. The third-order valence-corrected chi connectivity index (χ3v) is 4.97. The van der Waals surface area contributed by atoms with Gasteiger partial charge >= 0.3 is 0 Å². The molecular formula is C14H17ClN2O2S. The second-order valence-corrected chi connectivity index (χ2v) is 6.77. The lowest BCUT2D eigenvalue weighted by atomic mass is 10.2. The monoisotopic (exact) mass is 312 g/mol. The average molecular weight is 313 g/mol. The summed E-state index contributed by atoms with van der Waals surface area (Å²) in [5, 5.41) is 1.49. The van der Waals surface area contributed by atoms with Crippen molar-refractivity contribution in [2.24, 2.45) is 0 Å². The molecule has 1 unspecified atom stereocenters. The van der Waals surface area contributed by atoms with Gasteiger partial charge in [-0.1, -0.05) is 12.1 Å². The van der Waals surface area contributed by atoms with E-state index < -0.39 is 10.0 Å². The van der Waals surface area contributed by atoms with Crippen LogP contribution in [0.1, 0.15) is 19.8 Å². The van der Waals surface area contributed by atoms with E-state index in [1.54, 1.807) is 30.6 Å². The number of alkyl halides is 1. The molecule has 0 saturated carbocycles. The van der Waals surface area contributed by atoms with Crippen LogP contribution in [0.4, 0.5) is 0 Å². The number of hydrogen-bond acceptors (Lipinski definition) is 3. The number of fused-ring (bicyclic) bond motifs is 1. The molecule has 20 heavy (non-hydrogen) atoms. The number of halogens is 1. The number of hydrogen-bond donors (Lipinski definition) is 1. The molecule has 0 spiro atoms. The molecule has 1 heterocycles. The highest BCUT2D eigenvalue weighted by atomic mass is 35.5. The maximum atomic E-state index is 12.5. The van der Waals surface area contributed by atoms with Crippen LogP contribution >= 0.6 is 11.6 Å². The van der Waals surface area contributed by atoms with Gasteiger partial charge in [0.25, 0.3) is 0 Å². The fraction of sp³-hybridized carbons (Fsp3) is 0.357. The van der Waals surface area contributed by atoms with E-state index in [-0.39, 0.29) is 10.9 Å². The Kier molecular flexibility index (Phi) is 4.96. The lowest BCUT2D eigenvalue weighted by Crippen LogP contribution is -2.32. The zero-order valence-corrected chi connectivity index (χ0v) is 12.8. The van der Waals surface area contributed by atoms with Gasteiger partial charge in [-0.2, -0.15) is 0 Å². The Bertz CT molecular complexity index is 683. The van der Waals surface area contributed by atoms with E-state index in [9.17, 15) is 8.42 Å². The second kappa shape index (κ2) is 6.52. The van der Waals surface area contributed by atoms with Crippen LogP contribution in [-0.4, -0.2) is 25.3 Å². The smallest absolute Gasteiger partial charge is 0.241 e. The highest BCUT2D eigenvalue weighted by Crippen LogP contribution is 2.22. The van der Waals surface area contributed by atoms with Gasteiger partial charge in [0.15, 0.2) is 0 Å². The number of nitrogens with one attached hydrogen (secondary N) is 1. The predicted molar refractivity (Wildman–Crippen MR) is 81.5 cm³/mol. The van der Waals surface area contributed by atoms with Gasteiger partial charge in [-0.05, 0) is 31.9 Å². The first-order valence-electron chi connectivity index (χ1n) is 6.45.